The molecule has 2 unspecified atom stereocenters. The van der Waals surface area contributed by atoms with E-state index in [1.165, 1.54) is 32.2 Å². The first-order chi connectivity index (χ1) is 9.31. The summed E-state index contributed by atoms with van der Waals surface area (Å²) in [4.78, 5) is 2.69. The maximum atomic E-state index is 6.35. The highest BCUT2D eigenvalue weighted by molar-refractivity contribution is 6.74. The van der Waals surface area contributed by atoms with E-state index in [0.717, 1.165) is 31.8 Å². The molecule has 1 saturated carbocycles. The lowest BCUT2D eigenvalue weighted by Crippen LogP contribution is -2.59. The van der Waals surface area contributed by atoms with Crippen molar-refractivity contribution in [2.75, 3.05) is 26.2 Å². The van der Waals surface area contributed by atoms with Gasteiger partial charge in [0, 0.05) is 38.3 Å². The van der Waals surface area contributed by atoms with E-state index in [9.17, 15) is 0 Å². The fraction of sp³-hybridized carbons (Fsp3) is 1.00. The van der Waals surface area contributed by atoms with Crippen molar-refractivity contribution in [1.82, 2.24) is 10.2 Å². The average molecular weight is 299 g/mol. The van der Waals surface area contributed by atoms with Gasteiger partial charge in [-0.2, -0.15) is 0 Å². The minimum absolute atomic E-state index is 0.323. The van der Waals surface area contributed by atoms with Crippen LogP contribution in [0.15, 0.2) is 0 Å². The Kier molecular flexibility index (Phi) is 5.33. The lowest BCUT2D eigenvalue weighted by molar-refractivity contribution is 0.0724. The quantitative estimate of drug-likeness (QED) is 0.807. The van der Waals surface area contributed by atoms with E-state index < -0.39 is 8.32 Å². The summed E-state index contributed by atoms with van der Waals surface area (Å²) in [7, 11) is -1.58. The second-order valence-electron chi connectivity index (χ2n) is 8.06. The maximum absolute atomic E-state index is 6.35. The number of hydrogen-bond acceptors (Lipinski definition) is 3. The second-order valence-corrected chi connectivity index (χ2v) is 12.9. The van der Waals surface area contributed by atoms with Crippen molar-refractivity contribution in [2.24, 2.45) is 0 Å². The third-order valence-electron chi connectivity index (χ3n) is 5.65. The molecule has 3 nitrogen and oxygen atoms in total. The molecule has 118 valence electrons. The van der Waals surface area contributed by atoms with Crippen LogP contribution in [0.2, 0.25) is 18.1 Å². The largest absolute Gasteiger partial charge is 0.416 e. The fourth-order valence-electron chi connectivity index (χ4n) is 3.26. The number of piperazine rings is 1. The minimum atomic E-state index is -1.58. The molecule has 1 saturated heterocycles. The lowest BCUT2D eigenvalue weighted by atomic mass is 9.87. The van der Waals surface area contributed by atoms with Crippen LogP contribution >= 0.6 is 0 Å². The lowest BCUT2D eigenvalue weighted by Gasteiger charge is -2.45. The van der Waals surface area contributed by atoms with Crippen molar-refractivity contribution in [3.8, 4) is 0 Å². The molecule has 0 bridgehead atoms. The molecule has 20 heavy (non-hydrogen) atoms. The Morgan fingerprint density at radius 2 is 1.90 bits per heavy atom. The Hall–Kier alpha value is 0.0969. The van der Waals surface area contributed by atoms with E-state index >= 15 is 0 Å². The van der Waals surface area contributed by atoms with Crippen molar-refractivity contribution in [2.45, 2.75) is 76.7 Å². The molecular weight excluding hydrogens is 264 g/mol. The summed E-state index contributed by atoms with van der Waals surface area (Å²) < 4.78 is 6.35. The molecule has 2 atom stereocenters. The van der Waals surface area contributed by atoms with E-state index in [4.69, 9.17) is 4.43 Å². The highest BCUT2D eigenvalue weighted by atomic mass is 28.4. The van der Waals surface area contributed by atoms with Crippen LogP contribution in [-0.4, -0.2) is 51.5 Å². The number of nitrogens with one attached hydrogen (secondary N) is 1. The zero-order valence-corrected chi connectivity index (χ0v) is 15.2. The molecule has 2 fully saturated rings. The van der Waals surface area contributed by atoms with Gasteiger partial charge in [-0.15, -0.1) is 0 Å². The van der Waals surface area contributed by atoms with E-state index in [1.807, 2.05) is 0 Å². The van der Waals surface area contributed by atoms with E-state index in [-0.39, 0.29) is 0 Å². The Labute approximate surface area is 126 Å². The molecule has 0 amide bonds. The van der Waals surface area contributed by atoms with Gasteiger partial charge in [-0.3, -0.25) is 4.90 Å². The molecule has 0 aromatic rings. The summed E-state index contributed by atoms with van der Waals surface area (Å²) in [6.45, 7) is 16.1. The Balaban J connectivity index is 1.81. The fourth-order valence-corrected chi connectivity index (χ4v) is 4.29. The molecule has 2 rings (SSSR count). The molecule has 2 aliphatic rings. The van der Waals surface area contributed by atoms with Gasteiger partial charge in [-0.25, -0.2) is 0 Å². The molecule has 0 radical (unpaired) electrons. The average Bonchev–Trinajstić information content (AvgIpc) is 2.37. The zero-order valence-electron chi connectivity index (χ0n) is 14.2. The Morgan fingerprint density at radius 3 is 2.60 bits per heavy atom. The summed E-state index contributed by atoms with van der Waals surface area (Å²) in [6.07, 6.45) is 5.55. The topological polar surface area (TPSA) is 24.5 Å². The summed E-state index contributed by atoms with van der Waals surface area (Å²) in [5.41, 5.74) is 0. The first-order valence-electron chi connectivity index (χ1n) is 8.43. The molecule has 1 aliphatic carbocycles. The predicted molar refractivity (Wildman–Crippen MR) is 88.8 cm³/mol. The molecule has 4 heteroatoms. The van der Waals surface area contributed by atoms with Gasteiger partial charge >= 0.3 is 0 Å². The maximum Gasteiger partial charge on any atom is 0.192 e. The van der Waals surface area contributed by atoms with Crippen molar-refractivity contribution in [3.63, 3.8) is 0 Å². The summed E-state index contributed by atoms with van der Waals surface area (Å²) in [6, 6.07) is 1.51. The summed E-state index contributed by atoms with van der Waals surface area (Å²) in [5.74, 6) is 0. The number of hydrogen-bond donors (Lipinski definition) is 1. The van der Waals surface area contributed by atoms with E-state index in [1.54, 1.807) is 0 Å². The van der Waals surface area contributed by atoms with Gasteiger partial charge < -0.3 is 9.74 Å². The normalized spacial score (nSPS) is 29.2. The summed E-state index contributed by atoms with van der Waals surface area (Å²) in [5, 5.41) is 4.03. The van der Waals surface area contributed by atoms with Crippen LogP contribution in [-0.2, 0) is 4.43 Å². The van der Waals surface area contributed by atoms with E-state index in [0.29, 0.717) is 5.04 Å². The highest BCUT2D eigenvalue weighted by Gasteiger charge is 2.38. The van der Waals surface area contributed by atoms with Gasteiger partial charge in [0.1, 0.15) is 0 Å². The van der Waals surface area contributed by atoms with Crippen LogP contribution in [0, 0.1) is 0 Å². The molecule has 0 aromatic carbocycles. The predicted octanol–water partition coefficient (Wildman–Crippen LogP) is 3.22. The van der Waals surface area contributed by atoms with Crippen molar-refractivity contribution >= 4 is 8.32 Å². The first-order valence-corrected chi connectivity index (χ1v) is 11.3. The van der Waals surface area contributed by atoms with Gasteiger partial charge in [0.2, 0.25) is 0 Å². The molecule has 1 heterocycles. The Bertz CT molecular complexity index is 312. The third kappa shape index (κ3) is 3.84. The number of rotatable bonds is 4. The first kappa shape index (κ1) is 16.5. The van der Waals surface area contributed by atoms with Crippen LogP contribution < -0.4 is 5.32 Å². The van der Waals surface area contributed by atoms with Gasteiger partial charge in [-0.1, -0.05) is 33.6 Å². The standard InChI is InChI=1S/C16H34N2OSi/c1-16(2,3)20(4,5)19-13-12-18-11-10-17-14-8-6-7-9-15(14)18/h14-15,17H,6-13H2,1-5H3. The van der Waals surface area contributed by atoms with Crippen molar-refractivity contribution in [1.29, 1.82) is 0 Å². The zero-order chi connectivity index (χ0) is 14.8. The van der Waals surface area contributed by atoms with Gasteiger partial charge in [0.15, 0.2) is 8.32 Å². The highest BCUT2D eigenvalue weighted by Crippen LogP contribution is 2.36. The number of fused-ring (bicyclic) bond motifs is 1. The van der Waals surface area contributed by atoms with Crippen LogP contribution in [0.25, 0.3) is 0 Å². The smallest absolute Gasteiger partial charge is 0.192 e. The molecule has 1 aliphatic heterocycles. The molecular formula is C16H34N2OSi. The summed E-state index contributed by atoms with van der Waals surface area (Å²) >= 11 is 0. The number of nitrogens with zero attached hydrogens (tertiary/aromatic N) is 1. The molecule has 0 spiro atoms. The third-order valence-corrected chi connectivity index (χ3v) is 10.2. The monoisotopic (exact) mass is 298 g/mol. The van der Waals surface area contributed by atoms with Gasteiger partial charge in [-0.05, 0) is 31.0 Å². The molecule has 0 aromatic heterocycles. The second kappa shape index (κ2) is 6.47. The van der Waals surface area contributed by atoms with Crippen molar-refractivity contribution < 1.29 is 4.43 Å². The van der Waals surface area contributed by atoms with Crippen LogP contribution in [0.1, 0.15) is 46.5 Å². The van der Waals surface area contributed by atoms with Crippen LogP contribution in [0.5, 0.6) is 0 Å². The van der Waals surface area contributed by atoms with Crippen molar-refractivity contribution in [3.05, 3.63) is 0 Å². The Morgan fingerprint density at radius 1 is 1.20 bits per heavy atom. The van der Waals surface area contributed by atoms with Gasteiger partial charge in [0.05, 0.1) is 0 Å². The van der Waals surface area contributed by atoms with Crippen LogP contribution in [0.4, 0.5) is 0 Å². The van der Waals surface area contributed by atoms with Crippen LogP contribution in [0.3, 0.4) is 0 Å². The van der Waals surface area contributed by atoms with Gasteiger partial charge in [0.25, 0.3) is 0 Å². The minimum Gasteiger partial charge on any atom is -0.416 e. The van der Waals surface area contributed by atoms with E-state index in [2.05, 4.69) is 44.1 Å². The SMILES string of the molecule is CC(C)(C)[Si](C)(C)OCCN1CCNC2CCCCC21. The molecule has 1 N–H and O–H groups in total.